The zero-order chi connectivity index (χ0) is 25.4. The lowest BCUT2D eigenvalue weighted by Crippen LogP contribution is -2.43. The van der Waals surface area contributed by atoms with Gasteiger partial charge in [0.1, 0.15) is 18.2 Å². The molecule has 0 saturated carbocycles. The first-order chi connectivity index (χ1) is 16.6. The van der Waals surface area contributed by atoms with E-state index in [-0.39, 0.29) is 13.0 Å². The number of ether oxygens (including phenoxy) is 2. The number of nitrogens with zero attached hydrogens (tertiary/aromatic N) is 1. The van der Waals surface area contributed by atoms with E-state index in [0.29, 0.717) is 25.1 Å². The number of nitrogens with one attached hydrogen (secondary N) is 2. The Morgan fingerprint density at radius 1 is 0.971 bits per heavy atom. The maximum absolute atomic E-state index is 12.0. The Hall–Kier alpha value is -3.88. The van der Waals surface area contributed by atoms with Gasteiger partial charge in [0, 0.05) is 17.3 Å². The highest BCUT2D eigenvalue weighted by Gasteiger charge is 2.23. The van der Waals surface area contributed by atoms with Gasteiger partial charge in [-0.25, -0.2) is 19.4 Å². The van der Waals surface area contributed by atoms with Crippen LogP contribution in [0, 0.1) is 0 Å². The molecular formula is C26H31N3O6. The molecule has 1 atom stereocenters. The quantitative estimate of drug-likeness (QED) is 0.297. The largest absolute Gasteiger partial charge is 0.480 e. The van der Waals surface area contributed by atoms with Crippen LogP contribution in [0.5, 0.6) is 0 Å². The van der Waals surface area contributed by atoms with Crippen LogP contribution in [0.2, 0.25) is 0 Å². The zero-order valence-electron chi connectivity index (χ0n) is 20.2. The van der Waals surface area contributed by atoms with Crippen LogP contribution in [0.1, 0.15) is 45.7 Å². The Labute approximate surface area is 203 Å². The molecule has 2 aromatic carbocycles. The molecule has 0 fully saturated rings. The van der Waals surface area contributed by atoms with Crippen molar-refractivity contribution in [2.45, 2.75) is 58.3 Å². The predicted molar refractivity (Wildman–Crippen MR) is 132 cm³/mol. The third-order valence-corrected chi connectivity index (χ3v) is 5.17. The van der Waals surface area contributed by atoms with Gasteiger partial charge in [0.2, 0.25) is 0 Å². The third kappa shape index (κ3) is 7.84. The van der Waals surface area contributed by atoms with Crippen molar-refractivity contribution in [3.05, 3.63) is 54.2 Å². The van der Waals surface area contributed by atoms with Gasteiger partial charge in [-0.15, -0.1) is 0 Å². The number of carboxylic acid groups (broad SMARTS) is 1. The Morgan fingerprint density at radius 3 is 2.43 bits per heavy atom. The highest BCUT2D eigenvalue weighted by molar-refractivity contribution is 6.05. The summed E-state index contributed by atoms with van der Waals surface area (Å²) >= 11 is 0. The number of carbonyl (C=O) groups excluding carboxylic acids is 2. The monoisotopic (exact) mass is 481 g/mol. The molecule has 0 saturated heterocycles. The molecule has 0 bridgehead atoms. The second-order valence-electron chi connectivity index (χ2n) is 9.20. The number of alkyl carbamates (subject to hydrolysis) is 2. The number of pyridine rings is 1. The second-order valence-corrected chi connectivity index (χ2v) is 9.20. The van der Waals surface area contributed by atoms with Crippen LogP contribution in [-0.4, -0.2) is 46.4 Å². The van der Waals surface area contributed by atoms with E-state index in [2.05, 4.69) is 21.7 Å². The summed E-state index contributed by atoms with van der Waals surface area (Å²) in [6.45, 7) is 5.45. The number of rotatable bonds is 9. The van der Waals surface area contributed by atoms with Crippen molar-refractivity contribution in [1.82, 2.24) is 15.6 Å². The number of aliphatic carboxylic acids is 1. The molecule has 2 amide bonds. The number of hydrogen-bond acceptors (Lipinski definition) is 6. The minimum Gasteiger partial charge on any atom is -0.480 e. The van der Waals surface area contributed by atoms with Gasteiger partial charge in [-0.3, -0.25) is 0 Å². The summed E-state index contributed by atoms with van der Waals surface area (Å²) in [6, 6.07) is 14.8. The molecule has 0 aliphatic carbocycles. The van der Waals surface area contributed by atoms with E-state index in [1.54, 1.807) is 20.8 Å². The van der Waals surface area contributed by atoms with Crippen LogP contribution in [0.4, 0.5) is 9.59 Å². The molecule has 1 heterocycles. The van der Waals surface area contributed by atoms with Gasteiger partial charge < -0.3 is 25.2 Å². The lowest BCUT2D eigenvalue weighted by Gasteiger charge is -2.22. The van der Waals surface area contributed by atoms with Crippen molar-refractivity contribution in [1.29, 1.82) is 0 Å². The van der Waals surface area contributed by atoms with Gasteiger partial charge in [-0.2, -0.15) is 0 Å². The Morgan fingerprint density at radius 2 is 1.69 bits per heavy atom. The van der Waals surface area contributed by atoms with Crippen LogP contribution in [0.25, 0.3) is 21.7 Å². The van der Waals surface area contributed by atoms with Gasteiger partial charge in [0.05, 0.1) is 11.2 Å². The average Bonchev–Trinajstić information content (AvgIpc) is 2.80. The molecule has 9 nitrogen and oxygen atoms in total. The van der Waals surface area contributed by atoms with E-state index in [9.17, 15) is 19.5 Å². The first-order valence-electron chi connectivity index (χ1n) is 11.5. The molecule has 0 radical (unpaired) electrons. The molecule has 1 aromatic heterocycles. The van der Waals surface area contributed by atoms with Gasteiger partial charge in [-0.1, -0.05) is 42.5 Å². The van der Waals surface area contributed by atoms with Crippen LogP contribution in [0.15, 0.2) is 48.5 Å². The highest BCUT2D eigenvalue weighted by atomic mass is 16.6. The van der Waals surface area contributed by atoms with Crippen molar-refractivity contribution >= 4 is 39.8 Å². The average molecular weight is 482 g/mol. The number of benzene rings is 2. The molecule has 9 heteroatoms. The number of aromatic nitrogens is 1. The Bertz CT molecular complexity index is 1200. The van der Waals surface area contributed by atoms with Gasteiger partial charge >= 0.3 is 18.2 Å². The molecule has 0 spiro atoms. The molecule has 3 N–H and O–H groups in total. The number of carboxylic acids is 1. The molecule has 1 unspecified atom stereocenters. The normalized spacial score (nSPS) is 12.2. The fourth-order valence-electron chi connectivity index (χ4n) is 3.54. The molecule has 35 heavy (non-hydrogen) atoms. The van der Waals surface area contributed by atoms with E-state index >= 15 is 0 Å². The summed E-state index contributed by atoms with van der Waals surface area (Å²) in [5.41, 5.74) is 0.784. The SMILES string of the molecule is CC(C)(C)OC(=O)NC(CCCCNC(=O)OCc1ccc2ccc3ccccc3c2n1)C(=O)O. The fourth-order valence-corrected chi connectivity index (χ4v) is 3.54. The molecule has 3 aromatic rings. The first-order valence-corrected chi connectivity index (χ1v) is 11.5. The van der Waals surface area contributed by atoms with E-state index in [1.165, 1.54) is 0 Å². The Balaban J connectivity index is 1.41. The first kappa shape index (κ1) is 25.7. The van der Waals surface area contributed by atoms with Crippen molar-refractivity contribution in [3.63, 3.8) is 0 Å². The second kappa shape index (κ2) is 11.5. The fraction of sp³-hybridized carbons (Fsp3) is 0.385. The lowest BCUT2D eigenvalue weighted by atomic mass is 10.1. The predicted octanol–water partition coefficient (Wildman–Crippen LogP) is 4.76. The van der Waals surface area contributed by atoms with Crippen molar-refractivity contribution < 1.29 is 29.0 Å². The maximum Gasteiger partial charge on any atom is 0.408 e. The summed E-state index contributed by atoms with van der Waals surface area (Å²) in [5, 5.41) is 17.4. The van der Waals surface area contributed by atoms with Gasteiger partial charge in [0.25, 0.3) is 0 Å². The summed E-state index contributed by atoms with van der Waals surface area (Å²) in [7, 11) is 0. The summed E-state index contributed by atoms with van der Waals surface area (Å²) in [6.07, 6.45) is -0.143. The lowest BCUT2D eigenvalue weighted by molar-refractivity contribution is -0.139. The van der Waals surface area contributed by atoms with Crippen LogP contribution < -0.4 is 10.6 Å². The molecule has 186 valence electrons. The van der Waals surface area contributed by atoms with E-state index in [1.807, 2.05) is 42.5 Å². The van der Waals surface area contributed by atoms with Gasteiger partial charge in [-0.05, 0) is 51.5 Å². The summed E-state index contributed by atoms with van der Waals surface area (Å²) in [4.78, 5) is 39.9. The minimum absolute atomic E-state index is 0.0336. The third-order valence-electron chi connectivity index (χ3n) is 5.17. The zero-order valence-corrected chi connectivity index (χ0v) is 20.2. The molecule has 0 aliphatic rings. The Kier molecular flexibility index (Phi) is 8.46. The van der Waals surface area contributed by atoms with Crippen LogP contribution >= 0.6 is 0 Å². The molecule has 3 rings (SSSR count). The smallest absolute Gasteiger partial charge is 0.408 e. The summed E-state index contributed by atoms with van der Waals surface area (Å²) < 4.78 is 10.4. The number of hydrogen-bond donors (Lipinski definition) is 3. The summed E-state index contributed by atoms with van der Waals surface area (Å²) in [5.74, 6) is -1.14. The highest BCUT2D eigenvalue weighted by Crippen LogP contribution is 2.24. The van der Waals surface area contributed by atoms with Crippen molar-refractivity contribution in [2.24, 2.45) is 0 Å². The number of unbranched alkanes of at least 4 members (excludes halogenated alkanes) is 1. The van der Waals surface area contributed by atoms with E-state index in [0.717, 1.165) is 21.7 Å². The van der Waals surface area contributed by atoms with E-state index < -0.39 is 29.8 Å². The van der Waals surface area contributed by atoms with E-state index in [4.69, 9.17) is 9.47 Å². The number of fused-ring (bicyclic) bond motifs is 3. The van der Waals surface area contributed by atoms with Crippen molar-refractivity contribution in [2.75, 3.05) is 6.54 Å². The molecule has 0 aliphatic heterocycles. The topological polar surface area (TPSA) is 127 Å². The van der Waals surface area contributed by atoms with Crippen LogP contribution in [0.3, 0.4) is 0 Å². The number of carbonyl (C=O) groups is 3. The number of amides is 2. The molecular weight excluding hydrogens is 450 g/mol. The van der Waals surface area contributed by atoms with Crippen LogP contribution in [-0.2, 0) is 20.9 Å². The van der Waals surface area contributed by atoms with Crippen molar-refractivity contribution in [3.8, 4) is 0 Å². The maximum atomic E-state index is 12.0. The standard InChI is InChI=1S/C26H31N3O6/c1-26(2,3)35-25(33)29-21(23(30)31)10-6-7-15-27-24(32)34-16-19-14-13-18-12-11-17-8-4-5-9-20(17)22(18)28-19/h4-5,8-9,11-14,21H,6-7,10,15-16H2,1-3H3,(H,27,32)(H,29,33)(H,30,31). The van der Waals surface area contributed by atoms with Gasteiger partial charge in [0.15, 0.2) is 0 Å². The minimum atomic E-state index is -1.14.